The van der Waals surface area contributed by atoms with E-state index in [2.05, 4.69) is 5.32 Å². The SMILES string of the molecule is Cc1cc2oc(-c3ccc(Cl)cc3)c(OCC(=O)Nc3ccc(Oc4ccccc4)cc3)c(=O)c2cc1C. The topological polar surface area (TPSA) is 77.8 Å². The second kappa shape index (κ2) is 10.8. The van der Waals surface area contributed by atoms with Crippen LogP contribution in [0.15, 0.2) is 100 Å². The van der Waals surface area contributed by atoms with Gasteiger partial charge in [0.2, 0.25) is 11.2 Å². The fourth-order valence-corrected chi connectivity index (χ4v) is 4.05. The number of hydrogen-bond donors (Lipinski definition) is 1. The molecule has 1 amide bonds. The Hall–Kier alpha value is -4.55. The summed E-state index contributed by atoms with van der Waals surface area (Å²) in [6.07, 6.45) is 0. The van der Waals surface area contributed by atoms with Gasteiger partial charge in [-0.2, -0.15) is 0 Å². The van der Waals surface area contributed by atoms with Crippen LogP contribution in [0.3, 0.4) is 0 Å². The molecule has 1 heterocycles. The van der Waals surface area contributed by atoms with Gasteiger partial charge in [0.05, 0.1) is 5.39 Å². The van der Waals surface area contributed by atoms with Crippen LogP contribution in [0.1, 0.15) is 11.1 Å². The molecule has 0 fully saturated rings. The number of anilines is 1. The van der Waals surface area contributed by atoms with Crippen molar-refractivity contribution >= 4 is 34.2 Å². The highest BCUT2D eigenvalue weighted by Gasteiger charge is 2.20. The summed E-state index contributed by atoms with van der Waals surface area (Å²) in [7, 11) is 0. The maximum Gasteiger partial charge on any atom is 0.262 e. The van der Waals surface area contributed by atoms with Crippen molar-refractivity contribution in [3.05, 3.63) is 117 Å². The normalized spacial score (nSPS) is 10.8. The van der Waals surface area contributed by atoms with Crippen LogP contribution >= 0.6 is 11.6 Å². The molecule has 0 radical (unpaired) electrons. The van der Waals surface area contributed by atoms with Gasteiger partial charge in [0, 0.05) is 16.3 Å². The number of aryl methyl sites for hydroxylation is 2. The van der Waals surface area contributed by atoms with E-state index in [0.717, 1.165) is 11.1 Å². The van der Waals surface area contributed by atoms with E-state index in [4.69, 9.17) is 25.5 Å². The maximum absolute atomic E-state index is 13.5. The number of hydrogen-bond acceptors (Lipinski definition) is 5. The van der Waals surface area contributed by atoms with Gasteiger partial charge in [0.15, 0.2) is 12.4 Å². The molecule has 190 valence electrons. The highest BCUT2D eigenvalue weighted by molar-refractivity contribution is 6.30. The summed E-state index contributed by atoms with van der Waals surface area (Å²) in [5.74, 6) is 1.12. The molecule has 0 aliphatic heterocycles. The summed E-state index contributed by atoms with van der Waals surface area (Å²) < 4.78 is 17.7. The molecule has 4 aromatic carbocycles. The summed E-state index contributed by atoms with van der Waals surface area (Å²) in [6, 6.07) is 26.8. The Morgan fingerprint density at radius 1 is 0.868 bits per heavy atom. The zero-order chi connectivity index (χ0) is 26.6. The average molecular weight is 526 g/mol. The van der Waals surface area contributed by atoms with E-state index >= 15 is 0 Å². The van der Waals surface area contributed by atoms with E-state index in [1.807, 2.05) is 50.2 Å². The van der Waals surface area contributed by atoms with Crippen molar-refractivity contribution in [2.24, 2.45) is 0 Å². The smallest absolute Gasteiger partial charge is 0.262 e. The van der Waals surface area contributed by atoms with Gasteiger partial charge in [-0.1, -0.05) is 29.8 Å². The lowest BCUT2D eigenvalue weighted by atomic mass is 10.0. The number of carbonyl (C=O) groups is 1. The zero-order valence-corrected chi connectivity index (χ0v) is 21.5. The van der Waals surface area contributed by atoms with Gasteiger partial charge >= 0.3 is 0 Å². The molecule has 1 N–H and O–H groups in total. The first-order valence-corrected chi connectivity index (χ1v) is 12.3. The van der Waals surface area contributed by atoms with Crippen LogP contribution in [0.4, 0.5) is 5.69 Å². The van der Waals surface area contributed by atoms with Gasteiger partial charge in [-0.25, -0.2) is 0 Å². The number of halogens is 1. The number of benzene rings is 4. The number of nitrogens with one attached hydrogen (secondary N) is 1. The lowest BCUT2D eigenvalue weighted by molar-refractivity contribution is -0.118. The molecule has 0 spiro atoms. The molecular formula is C31H24ClNO5. The Kier molecular flexibility index (Phi) is 7.15. The Bertz CT molecular complexity index is 1660. The number of ether oxygens (including phenoxy) is 2. The van der Waals surface area contributed by atoms with E-state index in [-0.39, 0.29) is 23.5 Å². The maximum atomic E-state index is 13.5. The Labute approximate surface area is 224 Å². The molecule has 6 nitrogen and oxygen atoms in total. The first-order valence-electron chi connectivity index (χ1n) is 12.0. The van der Waals surface area contributed by atoms with Crippen LogP contribution < -0.4 is 20.2 Å². The second-order valence-electron chi connectivity index (χ2n) is 8.81. The Morgan fingerprint density at radius 3 is 2.24 bits per heavy atom. The van der Waals surface area contributed by atoms with Gasteiger partial charge in [-0.15, -0.1) is 0 Å². The molecule has 0 saturated carbocycles. The lowest BCUT2D eigenvalue weighted by Gasteiger charge is -2.13. The highest BCUT2D eigenvalue weighted by Crippen LogP contribution is 2.32. The minimum absolute atomic E-state index is 0.0372. The quantitative estimate of drug-likeness (QED) is 0.237. The second-order valence-corrected chi connectivity index (χ2v) is 9.24. The monoisotopic (exact) mass is 525 g/mol. The molecular weight excluding hydrogens is 502 g/mol. The molecule has 5 aromatic rings. The van der Waals surface area contributed by atoms with Gasteiger partial charge < -0.3 is 19.2 Å². The molecule has 0 atom stereocenters. The first-order chi connectivity index (χ1) is 18.4. The van der Waals surface area contributed by atoms with E-state index in [1.165, 1.54) is 0 Å². The summed E-state index contributed by atoms with van der Waals surface area (Å²) >= 11 is 6.05. The highest BCUT2D eigenvalue weighted by atomic mass is 35.5. The first kappa shape index (κ1) is 25.1. The summed E-state index contributed by atoms with van der Waals surface area (Å²) in [6.45, 7) is 3.49. The van der Waals surface area contributed by atoms with E-state index < -0.39 is 5.91 Å². The third kappa shape index (κ3) is 5.56. The molecule has 0 saturated heterocycles. The fraction of sp³-hybridized carbons (Fsp3) is 0.0968. The van der Waals surface area contributed by atoms with E-state index in [0.29, 0.717) is 38.7 Å². The molecule has 0 bridgehead atoms. The Balaban J connectivity index is 1.36. The standard InChI is InChI=1S/C31H24ClNO5/c1-19-16-26-27(17-20(19)2)38-30(21-8-10-22(32)11-9-21)31(29(26)35)36-18-28(34)33-23-12-14-25(15-13-23)37-24-6-4-3-5-7-24/h3-17H,18H2,1-2H3,(H,33,34). The molecule has 7 heteroatoms. The predicted molar refractivity (Wildman–Crippen MR) is 149 cm³/mol. The predicted octanol–water partition coefficient (Wildman–Crippen LogP) is 7.54. The van der Waals surface area contributed by atoms with Crippen LogP contribution in [0.25, 0.3) is 22.3 Å². The summed E-state index contributed by atoms with van der Waals surface area (Å²) in [4.78, 5) is 26.2. The van der Waals surface area contributed by atoms with Crippen LogP contribution in [0.2, 0.25) is 5.02 Å². The summed E-state index contributed by atoms with van der Waals surface area (Å²) in [5.41, 5.74) is 3.21. The van der Waals surface area contributed by atoms with Crippen LogP contribution in [0.5, 0.6) is 17.2 Å². The van der Waals surface area contributed by atoms with Gasteiger partial charge in [-0.05, 0) is 97.8 Å². The third-order valence-electron chi connectivity index (χ3n) is 6.04. The summed E-state index contributed by atoms with van der Waals surface area (Å²) in [5, 5.41) is 3.70. The van der Waals surface area contributed by atoms with Crippen LogP contribution in [-0.2, 0) is 4.79 Å². The minimum Gasteiger partial charge on any atom is -0.476 e. The number of para-hydroxylation sites is 1. The van der Waals surface area contributed by atoms with Gasteiger partial charge in [-0.3, -0.25) is 9.59 Å². The van der Waals surface area contributed by atoms with E-state index in [1.54, 1.807) is 54.6 Å². The molecule has 5 rings (SSSR count). The largest absolute Gasteiger partial charge is 0.476 e. The van der Waals surface area contributed by atoms with Crippen molar-refractivity contribution < 1.29 is 18.7 Å². The van der Waals surface area contributed by atoms with Crippen LogP contribution in [-0.4, -0.2) is 12.5 Å². The lowest BCUT2D eigenvalue weighted by Crippen LogP contribution is -2.22. The third-order valence-corrected chi connectivity index (χ3v) is 6.29. The molecule has 0 aliphatic rings. The molecule has 38 heavy (non-hydrogen) atoms. The van der Waals surface area contributed by atoms with Crippen LogP contribution in [0, 0.1) is 13.8 Å². The average Bonchev–Trinajstić information content (AvgIpc) is 2.91. The van der Waals surface area contributed by atoms with E-state index in [9.17, 15) is 9.59 Å². The molecule has 1 aromatic heterocycles. The zero-order valence-electron chi connectivity index (χ0n) is 20.8. The Morgan fingerprint density at radius 2 is 1.53 bits per heavy atom. The van der Waals surface area contributed by atoms with Crippen molar-refractivity contribution in [3.63, 3.8) is 0 Å². The number of carbonyl (C=O) groups excluding carboxylic acids is 1. The number of amides is 1. The minimum atomic E-state index is -0.427. The van der Waals surface area contributed by atoms with Crippen molar-refractivity contribution in [1.29, 1.82) is 0 Å². The molecule has 0 aliphatic carbocycles. The number of rotatable bonds is 7. The van der Waals surface area contributed by atoms with Crippen molar-refractivity contribution in [1.82, 2.24) is 0 Å². The number of fused-ring (bicyclic) bond motifs is 1. The van der Waals surface area contributed by atoms with Crippen molar-refractivity contribution in [2.45, 2.75) is 13.8 Å². The van der Waals surface area contributed by atoms with Gasteiger partial charge in [0.1, 0.15) is 17.1 Å². The molecule has 0 unspecified atom stereocenters. The fourth-order valence-electron chi connectivity index (χ4n) is 3.92. The van der Waals surface area contributed by atoms with Gasteiger partial charge in [0.25, 0.3) is 5.91 Å². The van der Waals surface area contributed by atoms with Crippen molar-refractivity contribution in [2.75, 3.05) is 11.9 Å². The van der Waals surface area contributed by atoms with Crippen molar-refractivity contribution in [3.8, 4) is 28.6 Å².